The highest BCUT2D eigenvalue weighted by Crippen LogP contribution is 2.31. The van der Waals surface area contributed by atoms with Gasteiger partial charge in [-0.3, -0.25) is 4.79 Å². The molecule has 4 rings (SSSR count). The molecule has 2 fully saturated rings. The monoisotopic (exact) mass is 420 g/mol. The Morgan fingerprint density at radius 2 is 1.87 bits per heavy atom. The largest absolute Gasteiger partial charge is 0.353 e. The van der Waals surface area contributed by atoms with Crippen LogP contribution in [0.4, 0.5) is 5.82 Å². The molecule has 1 aliphatic heterocycles. The van der Waals surface area contributed by atoms with Crippen LogP contribution in [0.25, 0.3) is 0 Å². The van der Waals surface area contributed by atoms with Crippen molar-refractivity contribution in [3.05, 3.63) is 52.5 Å². The highest BCUT2D eigenvalue weighted by Gasteiger charge is 2.32. The molecule has 1 aromatic heterocycles. The molecular formula is C26H36N4O. The Labute approximate surface area is 186 Å². The van der Waals surface area contributed by atoms with Gasteiger partial charge in [0, 0.05) is 55.7 Å². The fraction of sp³-hybridized carbons (Fsp3) is 0.577. The van der Waals surface area contributed by atoms with E-state index >= 15 is 0 Å². The SMILES string of the molecule is CCC(C)c1nc(C)c(Cc2cccc(C)c2)c(N2CCN(C(=O)C3CCC3)CC2)n1. The van der Waals surface area contributed by atoms with E-state index in [0.29, 0.717) is 11.8 Å². The minimum absolute atomic E-state index is 0.279. The van der Waals surface area contributed by atoms with Crippen LogP contribution in [0.15, 0.2) is 24.3 Å². The lowest BCUT2D eigenvalue weighted by Gasteiger charge is -2.39. The Morgan fingerprint density at radius 1 is 1.13 bits per heavy atom. The lowest BCUT2D eigenvalue weighted by molar-refractivity contribution is -0.138. The second-order valence-electron chi connectivity index (χ2n) is 9.38. The van der Waals surface area contributed by atoms with Gasteiger partial charge in [0.25, 0.3) is 0 Å². The van der Waals surface area contributed by atoms with Gasteiger partial charge in [0.2, 0.25) is 5.91 Å². The number of carbonyl (C=O) groups excluding carboxylic acids is 1. The molecule has 0 radical (unpaired) electrons. The van der Waals surface area contributed by atoms with E-state index in [1.165, 1.54) is 23.1 Å². The van der Waals surface area contributed by atoms with E-state index in [1.54, 1.807) is 0 Å². The highest BCUT2D eigenvalue weighted by molar-refractivity contribution is 5.80. The standard InChI is InChI=1S/C26H36N4O/c1-5-19(3)24-27-20(4)23(17-21-9-6-8-18(2)16-21)25(28-24)29-12-14-30(15-13-29)26(31)22-10-7-11-22/h6,8-9,16,19,22H,5,7,10-15,17H2,1-4H3. The molecular weight excluding hydrogens is 384 g/mol. The molecule has 1 atom stereocenters. The summed E-state index contributed by atoms with van der Waals surface area (Å²) in [6.07, 6.45) is 5.22. The summed E-state index contributed by atoms with van der Waals surface area (Å²) in [5.41, 5.74) is 4.87. The van der Waals surface area contributed by atoms with Crippen molar-refractivity contribution in [2.45, 2.75) is 65.7 Å². The Morgan fingerprint density at radius 3 is 2.48 bits per heavy atom. The molecule has 1 aliphatic carbocycles. The summed E-state index contributed by atoms with van der Waals surface area (Å²) < 4.78 is 0. The minimum atomic E-state index is 0.279. The van der Waals surface area contributed by atoms with Crippen LogP contribution in [0.2, 0.25) is 0 Å². The van der Waals surface area contributed by atoms with E-state index in [2.05, 4.69) is 61.8 Å². The second kappa shape index (κ2) is 9.37. The van der Waals surface area contributed by atoms with Crippen molar-refractivity contribution >= 4 is 11.7 Å². The number of hydrogen-bond donors (Lipinski definition) is 0. The normalized spacial score (nSPS) is 18.1. The first-order valence-electron chi connectivity index (χ1n) is 11.9. The molecule has 5 heteroatoms. The van der Waals surface area contributed by atoms with Crippen molar-refractivity contribution in [2.75, 3.05) is 31.1 Å². The van der Waals surface area contributed by atoms with Gasteiger partial charge < -0.3 is 9.80 Å². The van der Waals surface area contributed by atoms with Crippen LogP contribution in [-0.2, 0) is 11.2 Å². The van der Waals surface area contributed by atoms with Crippen LogP contribution in [0.3, 0.4) is 0 Å². The molecule has 2 aliphatic rings. The molecule has 0 N–H and O–H groups in total. The summed E-state index contributed by atoms with van der Waals surface area (Å²) >= 11 is 0. The third kappa shape index (κ3) is 4.76. The fourth-order valence-corrected chi connectivity index (χ4v) is 4.55. The first kappa shape index (κ1) is 21.8. The quantitative estimate of drug-likeness (QED) is 0.683. The van der Waals surface area contributed by atoms with Gasteiger partial charge in [-0.1, -0.05) is 50.1 Å². The van der Waals surface area contributed by atoms with Crippen LogP contribution in [-0.4, -0.2) is 47.0 Å². The number of anilines is 1. The van der Waals surface area contributed by atoms with Crippen molar-refractivity contribution < 1.29 is 4.79 Å². The topological polar surface area (TPSA) is 49.3 Å². The summed E-state index contributed by atoms with van der Waals surface area (Å²) in [5, 5.41) is 0. The minimum Gasteiger partial charge on any atom is -0.353 e. The van der Waals surface area contributed by atoms with Gasteiger partial charge in [-0.2, -0.15) is 0 Å². The lowest BCUT2D eigenvalue weighted by atomic mass is 9.84. The van der Waals surface area contributed by atoms with E-state index in [4.69, 9.17) is 9.97 Å². The number of nitrogens with zero attached hydrogens (tertiary/aromatic N) is 4. The maximum absolute atomic E-state index is 12.7. The second-order valence-corrected chi connectivity index (χ2v) is 9.38. The van der Waals surface area contributed by atoms with Gasteiger partial charge in [-0.05, 0) is 38.7 Å². The van der Waals surface area contributed by atoms with E-state index in [9.17, 15) is 4.79 Å². The van der Waals surface area contributed by atoms with Gasteiger partial charge in [0.1, 0.15) is 11.6 Å². The number of carbonyl (C=O) groups is 1. The molecule has 166 valence electrons. The third-order valence-corrected chi connectivity index (χ3v) is 7.07. The van der Waals surface area contributed by atoms with Crippen molar-refractivity contribution in [1.82, 2.24) is 14.9 Å². The first-order chi connectivity index (χ1) is 15.0. The molecule has 2 heterocycles. The lowest BCUT2D eigenvalue weighted by Crippen LogP contribution is -2.51. The predicted molar refractivity (Wildman–Crippen MR) is 126 cm³/mol. The number of amides is 1. The van der Waals surface area contributed by atoms with Crippen LogP contribution >= 0.6 is 0 Å². The Bertz CT molecular complexity index is 929. The number of aromatic nitrogens is 2. The van der Waals surface area contributed by atoms with Crippen LogP contribution < -0.4 is 4.90 Å². The van der Waals surface area contributed by atoms with Gasteiger partial charge in [-0.15, -0.1) is 0 Å². The van der Waals surface area contributed by atoms with Crippen molar-refractivity contribution in [2.24, 2.45) is 5.92 Å². The maximum Gasteiger partial charge on any atom is 0.225 e. The molecule has 1 saturated carbocycles. The Balaban J connectivity index is 1.59. The van der Waals surface area contributed by atoms with Gasteiger partial charge in [-0.25, -0.2) is 9.97 Å². The summed E-state index contributed by atoms with van der Waals surface area (Å²) in [6, 6.07) is 8.70. The number of aryl methyl sites for hydroxylation is 2. The van der Waals surface area contributed by atoms with E-state index in [0.717, 1.165) is 69.2 Å². The molecule has 0 spiro atoms. The van der Waals surface area contributed by atoms with Crippen LogP contribution in [0.5, 0.6) is 0 Å². The van der Waals surface area contributed by atoms with Gasteiger partial charge in [0.15, 0.2) is 0 Å². The zero-order chi connectivity index (χ0) is 22.0. The first-order valence-corrected chi connectivity index (χ1v) is 11.9. The molecule has 1 amide bonds. The van der Waals surface area contributed by atoms with E-state index < -0.39 is 0 Å². The molecule has 0 bridgehead atoms. The Hall–Kier alpha value is -2.43. The number of benzene rings is 1. The number of piperazine rings is 1. The number of rotatable bonds is 6. The molecule has 2 aromatic rings. The Kier molecular flexibility index (Phi) is 6.59. The third-order valence-electron chi connectivity index (χ3n) is 7.07. The van der Waals surface area contributed by atoms with Crippen molar-refractivity contribution in [1.29, 1.82) is 0 Å². The molecule has 1 saturated heterocycles. The van der Waals surface area contributed by atoms with Crippen molar-refractivity contribution in [3.8, 4) is 0 Å². The zero-order valence-corrected chi connectivity index (χ0v) is 19.5. The molecule has 1 unspecified atom stereocenters. The zero-order valence-electron chi connectivity index (χ0n) is 19.5. The van der Waals surface area contributed by atoms with Crippen molar-refractivity contribution in [3.63, 3.8) is 0 Å². The average molecular weight is 421 g/mol. The molecule has 1 aromatic carbocycles. The van der Waals surface area contributed by atoms with E-state index in [1.807, 2.05) is 0 Å². The van der Waals surface area contributed by atoms with Gasteiger partial charge in [0.05, 0.1) is 0 Å². The molecule has 5 nitrogen and oxygen atoms in total. The average Bonchev–Trinajstić information content (AvgIpc) is 2.73. The van der Waals surface area contributed by atoms with Gasteiger partial charge >= 0.3 is 0 Å². The summed E-state index contributed by atoms with van der Waals surface area (Å²) in [7, 11) is 0. The maximum atomic E-state index is 12.7. The van der Waals surface area contributed by atoms with Crippen LogP contribution in [0, 0.1) is 19.8 Å². The smallest absolute Gasteiger partial charge is 0.225 e. The summed E-state index contributed by atoms with van der Waals surface area (Å²) in [6.45, 7) is 11.9. The summed E-state index contributed by atoms with van der Waals surface area (Å²) in [4.78, 5) is 27.1. The fourth-order valence-electron chi connectivity index (χ4n) is 4.55. The highest BCUT2D eigenvalue weighted by atomic mass is 16.2. The summed E-state index contributed by atoms with van der Waals surface area (Å²) in [5.74, 6) is 3.00. The van der Waals surface area contributed by atoms with E-state index in [-0.39, 0.29) is 5.92 Å². The predicted octanol–water partition coefficient (Wildman–Crippen LogP) is 4.65. The number of hydrogen-bond acceptors (Lipinski definition) is 4. The van der Waals surface area contributed by atoms with Crippen LogP contribution in [0.1, 0.15) is 73.7 Å². The molecule has 31 heavy (non-hydrogen) atoms.